The Morgan fingerprint density at radius 2 is 1.10 bits per heavy atom. The van der Waals surface area contributed by atoms with Crippen LogP contribution in [0.15, 0.2) is 164 Å². The van der Waals surface area contributed by atoms with Crippen LogP contribution in [0.4, 0.5) is 0 Å². The fourth-order valence-electron chi connectivity index (χ4n) is 8.11. The molecule has 2 heteroatoms. The SMILES string of the molecule is CCc1nc2ccccc2n1-c1ccc2cc(-c3cc(-c4ccccc4)c4c(c3-c3ccccc3)-c3cccc5cccc-4c35)ccc2c1. The second-order valence-electron chi connectivity index (χ2n) is 13.0. The van der Waals surface area contributed by atoms with Gasteiger partial charge in [0.25, 0.3) is 0 Å². The van der Waals surface area contributed by atoms with Crippen LogP contribution in [0, 0.1) is 0 Å². The van der Waals surface area contributed by atoms with Crippen LogP contribution in [0.5, 0.6) is 0 Å². The zero-order valence-corrected chi connectivity index (χ0v) is 27.2. The van der Waals surface area contributed by atoms with Gasteiger partial charge in [0.15, 0.2) is 0 Å². The van der Waals surface area contributed by atoms with Crippen molar-refractivity contribution in [2.45, 2.75) is 13.3 Å². The summed E-state index contributed by atoms with van der Waals surface area (Å²) >= 11 is 0. The van der Waals surface area contributed by atoms with Crippen molar-refractivity contribution in [3.8, 4) is 61.3 Å². The summed E-state index contributed by atoms with van der Waals surface area (Å²) < 4.78 is 2.31. The quantitative estimate of drug-likeness (QED) is 0.186. The molecule has 0 spiro atoms. The molecule has 1 aromatic heterocycles. The Hall–Kier alpha value is -6.25. The molecule has 49 heavy (non-hydrogen) atoms. The third-order valence-electron chi connectivity index (χ3n) is 10.3. The van der Waals surface area contributed by atoms with Gasteiger partial charge in [0.1, 0.15) is 5.82 Å². The van der Waals surface area contributed by atoms with Crippen LogP contribution in [0.25, 0.3) is 93.9 Å². The lowest BCUT2D eigenvalue weighted by Crippen LogP contribution is -2.00. The van der Waals surface area contributed by atoms with Crippen molar-refractivity contribution < 1.29 is 0 Å². The smallest absolute Gasteiger partial charge is 0.114 e. The van der Waals surface area contributed by atoms with Crippen molar-refractivity contribution in [3.63, 3.8) is 0 Å². The number of imidazole rings is 1. The highest BCUT2D eigenvalue weighted by molar-refractivity contribution is 6.22. The highest BCUT2D eigenvalue weighted by Crippen LogP contribution is 2.57. The van der Waals surface area contributed by atoms with Crippen LogP contribution in [0.1, 0.15) is 12.7 Å². The van der Waals surface area contributed by atoms with Crippen LogP contribution in [0.2, 0.25) is 0 Å². The standard InChI is InChI=1S/C47H32N2/c1-2-43-48-41-21-9-10-22-42(41)49(43)36-26-25-33-27-35(24-23-34(33)28-36)40-29-39(30-13-5-3-6-14-30)46-37-19-11-17-31-18-12-20-38(44(31)37)47(46)45(40)32-15-7-4-8-16-32/h3-29H,2H2,1H3. The van der Waals surface area contributed by atoms with Crippen molar-refractivity contribution in [2.24, 2.45) is 0 Å². The highest BCUT2D eigenvalue weighted by Gasteiger charge is 2.30. The Labute approximate surface area is 285 Å². The van der Waals surface area contributed by atoms with Gasteiger partial charge in [-0.2, -0.15) is 0 Å². The summed E-state index contributed by atoms with van der Waals surface area (Å²) in [6.45, 7) is 2.18. The number of para-hydroxylation sites is 2. The topological polar surface area (TPSA) is 17.8 Å². The fourth-order valence-corrected chi connectivity index (χ4v) is 8.11. The molecule has 2 nitrogen and oxygen atoms in total. The van der Waals surface area contributed by atoms with Crippen molar-refractivity contribution in [1.29, 1.82) is 0 Å². The second kappa shape index (κ2) is 10.9. The molecule has 0 radical (unpaired) electrons. The molecule has 1 aliphatic rings. The van der Waals surface area contributed by atoms with E-state index < -0.39 is 0 Å². The third-order valence-corrected chi connectivity index (χ3v) is 10.3. The minimum Gasteiger partial charge on any atom is -0.296 e. The van der Waals surface area contributed by atoms with Crippen LogP contribution in [-0.4, -0.2) is 9.55 Å². The molecule has 1 aliphatic carbocycles. The van der Waals surface area contributed by atoms with E-state index >= 15 is 0 Å². The van der Waals surface area contributed by atoms with E-state index in [1.54, 1.807) is 0 Å². The van der Waals surface area contributed by atoms with E-state index in [4.69, 9.17) is 4.98 Å². The Balaban J connectivity index is 1.24. The molecule has 0 aliphatic heterocycles. The number of hydrogen-bond donors (Lipinski definition) is 0. The van der Waals surface area contributed by atoms with Gasteiger partial charge in [-0.1, -0.05) is 134 Å². The zero-order valence-electron chi connectivity index (χ0n) is 27.2. The van der Waals surface area contributed by atoms with Gasteiger partial charge in [-0.05, 0) is 114 Å². The third kappa shape index (κ3) is 4.24. The van der Waals surface area contributed by atoms with Crippen molar-refractivity contribution in [1.82, 2.24) is 9.55 Å². The van der Waals surface area contributed by atoms with Crippen molar-refractivity contribution >= 4 is 32.6 Å². The lowest BCUT2D eigenvalue weighted by molar-refractivity contribution is 0.909. The van der Waals surface area contributed by atoms with Gasteiger partial charge in [-0.3, -0.25) is 4.57 Å². The first kappa shape index (κ1) is 27.8. The average Bonchev–Trinajstić information content (AvgIpc) is 3.72. The maximum absolute atomic E-state index is 4.93. The van der Waals surface area contributed by atoms with Gasteiger partial charge >= 0.3 is 0 Å². The molecular formula is C47H32N2. The molecule has 0 unspecified atom stereocenters. The van der Waals surface area contributed by atoms with Gasteiger partial charge in [-0.25, -0.2) is 4.98 Å². The normalized spacial score (nSPS) is 11.9. The summed E-state index contributed by atoms with van der Waals surface area (Å²) in [7, 11) is 0. The summed E-state index contributed by atoms with van der Waals surface area (Å²) in [4.78, 5) is 4.93. The van der Waals surface area contributed by atoms with Crippen LogP contribution >= 0.6 is 0 Å². The highest BCUT2D eigenvalue weighted by atomic mass is 15.1. The molecule has 0 atom stereocenters. The predicted octanol–water partition coefficient (Wildman–Crippen LogP) is 12.5. The number of fused-ring (bicyclic) bond motifs is 5. The summed E-state index contributed by atoms with van der Waals surface area (Å²) in [6, 6.07) is 60.0. The van der Waals surface area contributed by atoms with E-state index in [2.05, 4.69) is 175 Å². The van der Waals surface area contributed by atoms with E-state index in [0.717, 1.165) is 29.0 Å². The molecule has 9 aromatic rings. The minimum atomic E-state index is 0.869. The molecule has 0 bridgehead atoms. The number of hydrogen-bond acceptors (Lipinski definition) is 1. The monoisotopic (exact) mass is 624 g/mol. The van der Waals surface area contributed by atoms with Crippen molar-refractivity contribution in [3.05, 3.63) is 170 Å². The van der Waals surface area contributed by atoms with E-state index in [-0.39, 0.29) is 0 Å². The summed E-state index contributed by atoms with van der Waals surface area (Å²) in [5, 5.41) is 5.05. The minimum absolute atomic E-state index is 0.869. The summed E-state index contributed by atoms with van der Waals surface area (Å²) in [6.07, 6.45) is 0.869. The lowest BCUT2D eigenvalue weighted by Gasteiger charge is -2.21. The van der Waals surface area contributed by atoms with E-state index in [1.165, 1.54) is 77.2 Å². The maximum Gasteiger partial charge on any atom is 0.114 e. The molecule has 8 aromatic carbocycles. The van der Waals surface area contributed by atoms with Gasteiger partial charge in [0.2, 0.25) is 0 Å². The largest absolute Gasteiger partial charge is 0.296 e. The first-order valence-electron chi connectivity index (χ1n) is 17.1. The number of rotatable bonds is 5. The molecular weight excluding hydrogens is 593 g/mol. The molecule has 10 rings (SSSR count). The predicted molar refractivity (Wildman–Crippen MR) is 206 cm³/mol. The Morgan fingerprint density at radius 3 is 1.88 bits per heavy atom. The van der Waals surface area contributed by atoms with Crippen LogP contribution in [-0.2, 0) is 6.42 Å². The van der Waals surface area contributed by atoms with Gasteiger partial charge in [-0.15, -0.1) is 0 Å². The van der Waals surface area contributed by atoms with Crippen LogP contribution < -0.4 is 0 Å². The molecule has 1 heterocycles. The fraction of sp³-hybridized carbons (Fsp3) is 0.0426. The molecule has 0 amide bonds. The first-order valence-corrected chi connectivity index (χ1v) is 17.1. The van der Waals surface area contributed by atoms with E-state index in [1.807, 2.05) is 0 Å². The number of benzene rings is 8. The van der Waals surface area contributed by atoms with Crippen molar-refractivity contribution in [2.75, 3.05) is 0 Å². The number of nitrogens with zero attached hydrogens (tertiary/aromatic N) is 2. The molecule has 230 valence electrons. The number of aromatic nitrogens is 2. The van der Waals surface area contributed by atoms with E-state index in [0.29, 0.717) is 0 Å². The Bertz CT molecular complexity index is 2730. The maximum atomic E-state index is 4.93. The van der Waals surface area contributed by atoms with E-state index in [9.17, 15) is 0 Å². The molecule has 0 N–H and O–H groups in total. The average molecular weight is 625 g/mol. The molecule has 0 saturated heterocycles. The lowest BCUT2D eigenvalue weighted by atomic mass is 9.82. The summed E-state index contributed by atoms with van der Waals surface area (Å²) in [5.41, 5.74) is 16.1. The first-order chi connectivity index (χ1) is 24.3. The Morgan fingerprint density at radius 1 is 0.449 bits per heavy atom. The van der Waals surface area contributed by atoms with Gasteiger partial charge in [0, 0.05) is 12.1 Å². The molecule has 0 saturated carbocycles. The zero-order chi connectivity index (χ0) is 32.5. The molecule has 0 fully saturated rings. The second-order valence-corrected chi connectivity index (χ2v) is 13.0. The van der Waals surface area contributed by atoms with Gasteiger partial charge in [0.05, 0.1) is 11.0 Å². The van der Waals surface area contributed by atoms with Crippen LogP contribution in [0.3, 0.4) is 0 Å². The Kier molecular flexibility index (Phi) is 6.19. The van der Waals surface area contributed by atoms with Gasteiger partial charge < -0.3 is 0 Å². The number of aryl methyl sites for hydroxylation is 1. The summed E-state index contributed by atoms with van der Waals surface area (Å²) in [5.74, 6) is 1.08.